The van der Waals surface area contributed by atoms with Gasteiger partial charge in [0.05, 0.1) is 17.9 Å². The lowest BCUT2D eigenvalue weighted by Gasteiger charge is -2.28. The van der Waals surface area contributed by atoms with Crippen LogP contribution in [0.4, 0.5) is 18.0 Å². The van der Waals surface area contributed by atoms with E-state index in [-0.39, 0.29) is 17.5 Å². The Morgan fingerprint density at radius 3 is 2.30 bits per heavy atom. The van der Waals surface area contributed by atoms with E-state index in [1.165, 1.54) is 23.2 Å². The van der Waals surface area contributed by atoms with E-state index in [1.807, 2.05) is 0 Å². The minimum absolute atomic E-state index is 0.0265. The SMILES string of the molecule is O=C(Oc1ccc(Oc2ccc(C(F)(F)F)cn2)cn1)N1CCC(O)CC1. The Labute approximate surface area is 152 Å². The van der Waals surface area contributed by atoms with Crippen LogP contribution in [-0.2, 0) is 6.18 Å². The number of aromatic nitrogens is 2. The number of alkyl halides is 3. The molecule has 0 atom stereocenters. The number of likely N-dealkylation sites (tertiary alicyclic amines) is 1. The third-order valence-corrected chi connectivity index (χ3v) is 3.91. The topological polar surface area (TPSA) is 84.8 Å². The molecule has 1 saturated heterocycles. The molecule has 3 heterocycles. The van der Waals surface area contributed by atoms with Gasteiger partial charge < -0.3 is 19.5 Å². The maximum absolute atomic E-state index is 12.5. The van der Waals surface area contributed by atoms with Gasteiger partial charge in [0.2, 0.25) is 11.8 Å². The zero-order valence-electron chi connectivity index (χ0n) is 14.0. The summed E-state index contributed by atoms with van der Waals surface area (Å²) in [5, 5.41) is 9.44. The smallest absolute Gasteiger partial charge is 0.417 e. The zero-order chi connectivity index (χ0) is 19.4. The van der Waals surface area contributed by atoms with Crippen LogP contribution in [0.1, 0.15) is 18.4 Å². The van der Waals surface area contributed by atoms with Crippen LogP contribution in [0.3, 0.4) is 0 Å². The number of hydrogen-bond donors (Lipinski definition) is 1. The zero-order valence-corrected chi connectivity index (χ0v) is 14.0. The largest absolute Gasteiger partial charge is 0.437 e. The first-order valence-electron chi connectivity index (χ1n) is 8.13. The van der Waals surface area contributed by atoms with Crippen molar-refractivity contribution in [2.75, 3.05) is 13.1 Å². The molecule has 3 rings (SSSR count). The molecular weight excluding hydrogens is 367 g/mol. The Balaban J connectivity index is 1.56. The van der Waals surface area contributed by atoms with Gasteiger partial charge in [-0.3, -0.25) is 0 Å². The van der Waals surface area contributed by atoms with Crippen molar-refractivity contribution in [3.05, 3.63) is 42.2 Å². The summed E-state index contributed by atoms with van der Waals surface area (Å²) in [7, 11) is 0. The molecule has 144 valence electrons. The van der Waals surface area contributed by atoms with Crippen LogP contribution in [-0.4, -0.2) is 45.3 Å². The molecule has 1 aliphatic heterocycles. The van der Waals surface area contributed by atoms with Gasteiger partial charge in [-0.1, -0.05) is 0 Å². The van der Waals surface area contributed by atoms with Crippen molar-refractivity contribution in [2.24, 2.45) is 0 Å². The number of rotatable bonds is 3. The molecule has 1 amide bonds. The first kappa shape index (κ1) is 18.9. The average molecular weight is 383 g/mol. The number of ether oxygens (including phenoxy) is 2. The Morgan fingerprint density at radius 2 is 1.74 bits per heavy atom. The normalized spacial score (nSPS) is 15.5. The monoisotopic (exact) mass is 383 g/mol. The fourth-order valence-corrected chi connectivity index (χ4v) is 2.42. The Kier molecular flexibility index (Phi) is 5.45. The molecule has 1 aliphatic rings. The number of piperidine rings is 1. The van der Waals surface area contributed by atoms with Crippen molar-refractivity contribution in [3.63, 3.8) is 0 Å². The van der Waals surface area contributed by atoms with Crippen molar-refractivity contribution >= 4 is 6.09 Å². The number of carbonyl (C=O) groups excluding carboxylic acids is 1. The summed E-state index contributed by atoms with van der Waals surface area (Å²) >= 11 is 0. The van der Waals surface area contributed by atoms with Gasteiger partial charge in [0.25, 0.3) is 0 Å². The maximum atomic E-state index is 12.5. The molecule has 0 radical (unpaired) electrons. The predicted octanol–water partition coefficient (Wildman–Crippen LogP) is 3.24. The van der Waals surface area contributed by atoms with Crippen LogP contribution in [0.5, 0.6) is 17.5 Å². The van der Waals surface area contributed by atoms with Crippen LogP contribution in [0.15, 0.2) is 36.7 Å². The van der Waals surface area contributed by atoms with Crippen LogP contribution < -0.4 is 9.47 Å². The summed E-state index contributed by atoms with van der Waals surface area (Å²) in [6, 6.07) is 4.81. The van der Waals surface area contributed by atoms with Crippen LogP contribution in [0.25, 0.3) is 0 Å². The highest BCUT2D eigenvalue weighted by Gasteiger charge is 2.30. The van der Waals surface area contributed by atoms with Gasteiger partial charge in [-0.15, -0.1) is 0 Å². The predicted molar refractivity (Wildman–Crippen MR) is 86.4 cm³/mol. The molecule has 2 aromatic heterocycles. The van der Waals surface area contributed by atoms with E-state index in [0.29, 0.717) is 32.1 Å². The van der Waals surface area contributed by atoms with E-state index in [9.17, 15) is 23.1 Å². The van der Waals surface area contributed by atoms with Gasteiger partial charge in [0.1, 0.15) is 5.75 Å². The molecule has 7 nitrogen and oxygen atoms in total. The van der Waals surface area contributed by atoms with Gasteiger partial charge in [-0.25, -0.2) is 14.8 Å². The minimum Gasteiger partial charge on any atom is -0.437 e. The van der Waals surface area contributed by atoms with E-state index in [0.717, 1.165) is 12.1 Å². The molecule has 27 heavy (non-hydrogen) atoms. The van der Waals surface area contributed by atoms with Gasteiger partial charge in [-0.2, -0.15) is 13.2 Å². The van der Waals surface area contributed by atoms with Crippen LogP contribution in [0, 0.1) is 0 Å². The molecule has 0 aliphatic carbocycles. The van der Waals surface area contributed by atoms with Crippen molar-refractivity contribution in [1.29, 1.82) is 0 Å². The summed E-state index contributed by atoms with van der Waals surface area (Å²) in [4.78, 5) is 21.0. The number of nitrogens with zero attached hydrogens (tertiary/aromatic N) is 3. The Morgan fingerprint density at radius 1 is 1.07 bits per heavy atom. The summed E-state index contributed by atoms with van der Waals surface area (Å²) in [5.74, 6) is 0.253. The number of halogens is 3. The molecule has 1 fully saturated rings. The lowest BCUT2D eigenvalue weighted by Crippen LogP contribution is -2.41. The van der Waals surface area contributed by atoms with E-state index >= 15 is 0 Å². The quantitative estimate of drug-likeness (QED) is 0.876. The molecular formula is C17H16F3N3O4. The number of amides is 1. The van der Waals surface area contributed by atoms with Gasteiger partial charge in [0, 0.05) is 31.4 Å². The molecule has 0 aromatic carbocycles. The summed E-state index contributed by atoms with van der Waals surface area (Å²) in [5.41, 5.74) is -0.875. The molecule has 0 spiro atoms. The van der Waals surface area contributed by atoms with Gasteiger partial charge in [0.15, 0.2) is 0 Å². The fraction of sp³-hybridized carbons (Fsp3) is 0.353. The van der Waals surface area contributed by atoms with Gasteiger partial charge >= 0.3 is 12.3 Å². The number of carbonyl (C=O) groups is 1. The molecule has 2 aromatic rings. The first-order chi connectivity index (χ1) is 12.8. The molecule has 0 saturated carbocycles. The maximum Gasteiger partial charge on any atom is 0.417 e. The van der Waals surface area contributed by atoms with Crippen LogP contribution in [0.2, 0.25) is 0 Å². The summed E-state index contributed by atoms with van der Waals surface area (Å²) in [6.07, 6.45) is -2.50. The Hall–Kier alpha value is -2.88. The average Bonchev–Trinajstić information content (AvgIpc) is 2.63. The summed E-state index contributed by atoms with van der Waals surface area (Å²) < 4.78 is 48.0. The van der Waals surface area contributed by atoms with Crippen molar-refractivity contribution in [3.8, 4) is 17.5 Å². The van der Waals surface area contributed by atoms with Gasteiger partial charge in [-0.05, 0) is 25.0 Å². The van der Waals surface area contributed by atoms with E-state index in [2.05, 4.69) is 9.97 Å². The highest BCUT2D eigenvalue weighted by Crippen LogP contribution is 2.30. The third kappa shape index (κ3) is 5.07. The molecule has 10 heteroatoms. The van der Waals surface area contributed by atoms with Crippen molar-refractivity contribution in [2.45, 2.75) is 25.1 Å². The highest BCUT2D eigenvalue weighted by molar-refractivity contribution is 5.70. The van der Waals surface area contributed by atoms with Crippen molar-refractivity contribution in [1.82, 2.24) is 14.9 Å². The number of aliphatic hydroxyl groups is 1. The number of hydrogen-bond acceptors (Lipinski definition) is 6. The minimum atomic E-state index is -4.47. The standard InChI is InChI=1S/C17H16F3N3O4/c18-17(19,20)11-1-3-14(21-9-11)26-13-2-4-15(22-10-13)27-16(25)23-7-5-12(24)6-8-23/h1-4,9-10,12,24H,5-8H2. The number of aliphatic hydroxyl groups excluding tert-OH is 1. The number of pyridine rings is 2. The molecule has 1 N–H and O–H groups in total. The van der Waals surface area contributed by atoms with Crippen LogP contribution >= 0.6 is 0 Å². The van der Waals surface area contributed by atoms with E-state index < -0.39 is 23.9 Å². The fourth-order valence-electron chi connectivity index (χ4n) is 2.42. The third-order valence-electron chi connectivity index (χ3n) is 3.91. The second kappa shape index (κ2) is 7.78. The lowest BCUT2D eigenvalue weighted by atomic mass is 10.1. The lowest BCUT2D eigenvalue weighted by molar-refractivity contribution is -0.137. The first-order valence-corrected chi connectivity index (χ1v) is 8.13. The second-order valence-electron chi connectivity index (χ2n) is 5.90. The molecule has 0 bridgehead atoms. The summed E-state index contributed by atoms with van der Waals surface area (Å²) in [6.45, 7) is 0.807. The highest BCUT2D eigenvalue weighted by atomic mass is 19.4. The molecule has 0 unspecified atom stereocenters. The van der Waals surface area contributed by atoms with E-state index in [4.69, 9.17) is 9.47 Å². The van der Waals surface area contributed by atoms with Crippen molar-refractivity contribution < 1.29 is 32.5 Å². The second-order valence-corrected chi connectivity index (χ2v) is 5.90. The Bertz CT molecular complexity index is 774. The van der Waals surface area contributed by atoms with E-state index in [1.54, 1.807) is 0 Å².